The lowest BCUT2D eigenvalue weighted by Gasteiger charge is -2.31. The third-order valence-electron chi connectivity index (χ3n) is 3.78. The summed E-state index contributed by atoms with van der Waals surface area (Å²) in [6, 6.07) is 7.91. The van der Waals surface area contributed by atoms with Crippen LogP contribution in [-0.4, -0.2) is 37.0 Å². The Labute approximate surface area is 131 Å². The topological polar surface area (TPSA) is 45.2 Å². The summed E-state index contributed by atoms with van der Waals surface area (Å²) in [7, 11) is 0. The highest BCUT2D eigenvalue weighted by atomic mass is 32.1. The number of carbonyl (C=O) groups excluding carboxylic acids is 1. The smallest absolute Gasteiger partial charge is 0.255 e. The third kappa shape index (κ3) is 3.35. The number of halogens is 2. The van der Waals surface area contributed by atoms with Gasteiger partial charge in [-0.05, 0) is 25.0 Å². The number of thiazole rings is 1. The summed E-state index contributed by atoms with van der Waals surface area (Å²) in [6.45, 7) is 0.809. The Morgan fingerprint density at radius 3 is 3.05 bits per heavy atom. The molecule has 3 rings (SSSR count). The van der Waals surface area contributed by atoms with Crippen LogP contribution in [0.2, 0.25) is 0 Å². The van der Waals surface area contributed by atoms with E-state index in [0.717, 1.165) is 34.7 Å². The number of fused-ring (bicyclic) bond motifs is 1. The Balaban J connectivity index is 1.68. The number of alkyl halides is 2. The Morgan fingerprint density at radius 1 is 1.45 bits per heavy atom. The van der Waals surface area contributed by atoms with Crippen LogP contribution in [0.1, 0.15) is 12.8 Å². The lowest BCUT2D eigenvalue weighted by atomic mass is 9.97. The van der Waals surface area contributed by atoms with Gasteiger partial charge in [-0.15, -0.1) is 0 Å². The van der Waals surface area contributed by atoms with Gasteiger partial charge in [0.1, 0.15) is 0 Å². The number of para-hydroxylation sites is 1. The first kappa shape index (κ1) is 15.1. The number of anilines is 1. The number of hydrogen-bond donors (Lipinski definition) is 1. The highest BCUT2D eigenvalue weighted by molar-refractivity contribution is 7.22. The van der Waals surface area contributed by atoms with E-state index in [4.69, 9.17) is 0 Å². The molecule has 0 aliphatic carbocycles. The average Bonchev–Trinajstić information content (AvgIpc) is 2.96. The Kier molecular flexibility index (Phi) is 4.52. The van der Waals surface area contributed by atoms with Crippen molar-refractivity contribution in [1.82, 2.24) is 10.3 Å². The zero-order chi connectivity index (χ0) is 15.5. The van der Waals surface area contributed by atoms with Crippen molar-refractivity contribution < 1.29 is 13.6 Å². The van der Waals surface area contributed by atoms with Gasteiger partial charge in [-0.2, -0.15) is 0 Å². The molecule has 1 unspecified atom stereocenters. The maximum absolute atomic E-state index is 12.2. The van der Waals surface area contributed by atoms with E-state index in [-0.39, 0.29) is 11.8 Å². The van der Waals surface area contributed by atoms with Crippen molar-refractivity contribution in [3.05, 3.63) is 24.3 Å². The van der Waals surface area contributed by atoms with Crippen molar-refractivity contribution in [3.8, 4) is 0 Å². The molecule has 1 aromatic heterocycles. The van der Waals surface area contributed by atoms with Crippen LogP contribution < -0.4 is 10.2 Å². The number of aromatic nitrogens is 1. The van der Waals surface area contributed by atoms with Gasteiger partial charge in [-0.1, -0.05) is 23.5 Å². The molecule has 22 heavy (non-hydrogen) atoms. The van der Waals surface area contributed by atoms with E-state index in [1.807, 2.05) is 24.3 Å². The van der Waals surface area contributed by atoms with Crippen LogP contribution in [0, 0.1) is 5.92 Å². The van der Waals surface area contributed by atoms with Crippen LogP contribution in [0.3, 0.4) is 0 Å². The van der Waals surface area contributed by atoms with E-state index in [0.29, 0.717) is 6.54 Å². The maximum Gasteiger partial charge on any atom is 0.255 e. The van der Waals surface area contributed by atoms with Crippen LogP contribution in [0.4, 0.5) is 13.9 Å². The van der Waals surface area contributed by atoms with E-state index < -0.39 is 13.0 Å². The molecule has 1 N–H and O–H groups in total. The van der Waals surface area contributed by atoms with Crippen molar-refractivity contribution in [2.75, 3.05) is 24.5 Å². The quantitative estimate of drug-likeness (QED) is 0.940. The van der Waals surface area contributed by atoms with Gasteiger partial charge >= 0.3 is 0 Å². The number of rotatable bonds is 4. The summed E-state index contributed by atoms with van der Waals surface area (Å²) in [5.41, 5.74) is 0.951. The van der Waals surface area contributed by atoms with Crippen molar-refractivity contribution in [3.63, 3.8) is 0 Å². The third-order valence-corrected chi connectivity index (χ3v) is 4.87. The predicted molar refractivity (Wildman–Crippen MR) is 83.6 cm³/mol. The molecule has 4 nitrogen and oxygen atoms in total. The van der Waals surface area contributed by atoms with Crippen molar-refractivity contribution in [2.45, 2.75) is 19.3 Å². The molecule has 1 aliphatic heterocycles. The fraction of sp³-hybridized carbons (Fsp3) is 0.467. The Bertz CT molecular complexity index is 628. The van der Waals surface area contributed by atoms with E-state index in [9.17, 15) is 13.6 Å². The number of nitrogens with zero attached hydrogens (tertiary/aromatic N) is 2. The molecule has 1 aliphatic rings. The number of hydrogen-bond acceptors (Lipinski definition) is 4. The van der Waals surface area contributed by atoms with E-state index in [1.165, 1.54) is 0 Å². The fourth-order valence-electron chi connectivity index (χ4n) is 2.68. The van der Waals surface area contributed by atoms with Crippen LogP contribution in [0.5, 0.6) is 0 Å². The zero-order valence-electron chi connectivity index (χ0n) is 12.0. The monoisotopic (exact) mass is 325 g/mol. The van der Waals surface area contributed by atoms with Gasteiger partial charge in [0, 0.05) is 13.1 Å². The molecular weight excluding hydrogens is 308 g/mol. The summed E-state index contributed by atoms with van der Waals surface area (Å²) in [5, 5.41) is 3.21. The van der Waals surface area contributed by atoms with E-state index in [1.54, 1.807) is 11.3 Å². The number of piperidine rings is 1. The van der Waals surface area contributed by atoms with Gasteiger partial charge < -0.3 is 10.2 Å². The van der Waals surface area contributed by atoms with Crippen LogP contribution in [0.15, 0.2) is 24.3 Å². The molecule has 1 saturated heterocycles. The zero-order valence-corrected chi connectivity index (χ0v) is 12.8. The summed E-state index contributed by atoms with van der Waals surface area (Å²) < 4.78 is 25.5. The standard InChI is InChI=1S/C15H17F2N3OS/c16-13(17)8-18-14(21)10-4-3-7-20(9-10)15-19-11-5-1-2-6-12(11)22-15/h1-2,5-6,10,13H,3-4,7-9H2,(H,18,21). The fourth-order valence-corrected chi connectivity index (χ4v) is 3.68. The molecule has 2 aromatic rings. The highest BCUT2D eigenvalue weighted by Crippen LogP contribution is 2.31. The van der Waals surface area contributed by atoms with Gasteiger partial charge in [-0.25, -0.2) is 13.8 Å². The minimum atomic E-state index is -2.51. The molecule has 0 saturated carbocycles. The summed E-state index contributed by atoms with van der Waals surface area (Å²) in [4.78, 5) is 18.6. The molecule has 0 bridgehead atoms. The maximum atomic E-state index is 12.2. The Morgan fingerprint density at radius 2 is 2.27 bits per heavy atom. The molecule has 1 amide bonds. The molecule has 118 valence electrons. The largest absolute Gasteiger partial charge is 0.350 e. The van der Waals surface area contributed by atoms with Crippen LogP contribution in [0.25, 0.3) is 10.2 Å². The van der Waals surface area contributed by atoms with E-state index in [2.05, 4.69) is 15.2 Å². The lowest BCUT2D eigenvalue weighted by molar-refractivity contribution is -0.125. The van der Waals surface area contributed by atoms with Gasteiger partial charge in [0.05, 0.1) is 22.7 Å². The lowest BCUT2D eigenvalue weighted by Crippen LogP contribution is -2.44. The predicted octanol–water partition coefficient (Wildman–Crippen LogP) is 2.89. The average molecular weight is 325 g/mol. The molecule has 0 radical (unpaired) electrons. The van der Waals surface area contributed by atoms with Gasteiger partial charge in [0.25, 0.3) is 6.43 Å². The molecule has 1 fully saturated rings. The second-order valence-electron chi connectivity index (χ2n) is 5.39. The van der Waals surface area contributed by atoms with Crippen LogP contribution in [-0.2, 0) is 4.79 Å². The molecule has 1 atom stereocenters. The van der Waals surface area contributed by atoms with Crippen molar-refractivity contribution >= 4 is 32.6 Å². The molecule has 0 spiro atoms. The second kappa shape index (κ2) is 6.56. The minimum absolute atomic E-state index is 0.250. The summed E-state index contributed by atoms with van der Waals surface area (Å²) in [5.74, 6) is -0.536. The first-order valence-corrected chi connectivity index (χ1v) is 8.11. The van der Waals surface area contributed by atoms with Gasteiger partial charge in [-0.3, -0.25) is 4.79 Å². The van der Waals surface area contributed by atoms with Gasteiger partial charge in [0.15, 0.2) is 5.13 Å². The number of nitrogens with one attached hydrogen (secondary N) is 1. The SMILES string of the molecule is O=C(NCC(F)F)C1CCCN(c2nc3ccccc3s2)C1. The van der Waals surface area contributed by atoms with Gasteiger partial charge in [0.2, 0.25) is 5.91 Å². The molecule has 1 aromatic carbocycles. The summed E-state index contributed by atoms with van der Waals surface area (Å²) in [6.07, 6.45) is -0.910. The van der Waals surface area contributed by atoms with Crippen LogP contribution >= 0.6 is 11.3 Å². The Hall–Kier alpha value is -1.76. The second-order valence-corrected chi connectivity index (χ2v) is 6.39. The number of amides is 1. The van der Waals surface area contributed by atoms with Crippen molar-refractivity contribution in [1.29, 1.82) is 0 Å². The molecular formula is C15H17F2N3OS. The van der Waals surface area contributed by atoms with E-state index >= 15 is 0 Å². The molecule has 7 heteroatoms. The first-order chi connectivity index (χ1) is 10.6. The number of carbonyl (C=O) groups is 1. The molecule has 2 heterocycles. The summed E-state index contributed by atoms with van der Waals surface area (Å²) >= 11 is 1.60. The van der Waals surface area contributed by atoms with Crippen molar-refractivity contribution in [2.24, 2.45) is 5.92 Å². The highest BCUT2D eigenvalue weighted by Gasteiger charge is 2.27. The number of benzene rings is 1. The minimum Gasteiger partial charge on any atom is -0.350 e. The normalized spacial score (nSPS) is 18.9. The first-order valence-electron chi connectivity index (χ1n) is 7.30.